The van der Waals surface area contributed by atoms with Gasteiger partial charge in [0.1, 0.15) is 0 Å². The van der Waals surface area contributed by atoms with Crippen molar-refractivity contribution in [3.05, 3.63) is 0 Å². The van der Waals surface area contributed by atoms with Crippen LogP contribution in [0.5, 0.6) is 0 Å². The fourth-order valence-corrected chi connectivity index (χ4v) is 0.645. The minimum atomic E-state index is -0.532. The average molecular weight is 160 g/mol. The first kappa shape index (κ1) is 10.3. The van der Waals surface area contributed by atoms with Crippen LogP contribution in [0.1, 0.15) is 0 Å². The number of amides is 2. The Morgan fingerprint density at radius 2 is 2.09 bits per heavy atom. The van der Waals surface area contributed by atoms with Crippen LogP contribution in [0.4, 0.5) is 4.79 Å². The molecule has 0 aromatic carbocycles. The molecule has 0 aromatic rings. The molecule has 0 saturated heterocycles. The molecule has 0 unspecified atom stereocenters. The quantitative estimate of drug-likeness (QED) is 0.529. The number of nitrogens with one attached hydrogen (secondary N) is 1. The molecule has 0 saturated carbocycles. The molecule has 5 nitrogen and oxygen atoms in total. The summed E-state index contributed by atoms with van der Waals surface area (Å²) in [4.78, 5) is 10.2. The first-order chi connectivity index (χ1) is 5.20. The molecule has 0 aliphatic heterocycles. The summed E-state index contributed by atoms with van der Waals surface area (Å²) in [5.74, 6) is 0. The molecule has 0 aliphatic rings. The zero-order chi connectivity index (χ0) is 8.69. The number of carbonyl (C=O) groups is 1. The SMILES string of the molecule is COB(CCNC(N)=O)OC. The topological polar surface area (TPSA) is 73.6 Å². The minimum absolute atomic E-state index is 0.276. The Morgan fingerprint density at radius 1 is 1.55 bits per heavy atom. The summed E-state index contributed by atoms with van der Waals surface area (Å²) >= 11 is 0. The molecule has 0 heterocycles. The summed E-state index contributed by atoms with van der Waals surface area (Å²) in [6.07, 6.45) is 0.593. The second-order valence-electron chi connectivity index (χ2n) is 1.98. The van der Waals surface area contributed by atoms with E-state index < -0.39 is 6.03 Å². The highest BCUT2D eigenvalue weighted by Gasteiger charge is 2.12. The fourth-order valence-electron chi connectivity index (χ4n) is 0.645. The van der Waals surface area contributed by atoms with Gasteiger partial charge in [-0.3, -0.25) is 0 Å². The number of carbonyl (C=O) groups excluding carboxylic acids is 1. The van der Waals surface area contributed by atoms with Crippen LogP contribution >= 0.6 is 0 Å². The first-order valence-corrected chi connectivity index (χ1v) is 3.29. The molecule has 0 atom stereocenters. The molecule has 2 amide bonds. The van der Waals surface area contributed by atoms with Gasteiger partial charge in [0.25, 0.3) is 0 Å². The predicted octanol–water partition coefficient (Wildman–Crippen LogP) is -0.564. The van der Waals surface area contributed by atoms with Crippen LogP contribution in [0, 0.1) is 0 Å². The van der Waals surface area contributed by atoms with Crippen molar-refractivity contribution in [1.29, 1.82) is 0 Å². The molecule has 0 aromatic heterocycles. The summed E-state index contributed by atoms with van der Waals surface area (Å²) in [6, 6.07) is -0.532. The third-order valence-corrected chi connectivity index (χ3v) is 1.21. The molecule has 0 spiro atoms. The molecular weight excluding hydrogens is 147 g/mol. The number of hydrogen-bond donors (Lipinski definition) is 2. The lowest BCUT2D eigenvalue weighted by atomic mass is 9.85. The predicted molar refractivity (Wildman–Crippen MR) is 42.2 cm³/mol. The maximum absolute atomic E-state index is 10.2. The number of hydrogen-bond acceptors (Lipinski definition) is 3. The van der Waals surface area contributed by atoms with Crippen molar-refractivity contribution in [3.8, 4) is 0 Å². The summed E-state index contributed by atoms with van der Waals surface area (Å²) in [5.41, 5.74) is 4.83. The number of urea groups is 1. The van der Waals surface area contributed by atoms with Crippen LogP contribution in [-0.2, 0) is 9.31 Å². The van der Waals surface area contributed by atoms with Gasteiger partial charge in [-0.2, -0.15) is 0 Å². The van der Waals surface area contributed by atoms with Crippen LogP contribution in [0.3, 0.4) is 0 Å². The molecule has 0 aliphatic carbocycles. The van der Waals surface area contributed by atoms with E-state index in [4.69, 9.17) is 15.0 Å². The molecule has 64 valence electrons. The standard InChI is InChI=1S/C5H13BN2O3/c1-10-6(11-2)3-4-8-5(7)9/h3-4H2,1-2H3,(H3,7,8,9). The van der Waals surface area contributed by atoms with Gasteiger partial charge in [-0.25, -0.2) is 4.79 Å². The van der Waals surface area contributed by atoms with Crippen molar-refractivity contribution in [1.82, 2.24) is 5.32 Å². The van der Waals surface area contributed by atoms with Crippen LogP contribution in [-0.4, -0.2) is 33.9 Å². The van der Waals surface area contributed by atoms with Crippen LogP contribution in [0.25, 0.3) is 0 Å². The van der Waals surface area contributed by atoms with E-state index in [0.717, 1.165) is 0 Å². The molecule has 0 radical (unpaired) electrons. The lowest BCUT2D eigenvalue weighted by Gasteiger charge is -2.07. The van der Waals surface area contributed by atoms with Gasteiger partial charge in [0.05, 0.1) is 0 Å². The second kappa shape index (κ2) is 6.00. The molecule has 0 bridgehead atoms. The van der Waals surface area contributed by atoms with Gasteiger partial charge in [-0.05, 0) is 6.32 Å². The van der Waals surface area contributed by atoms with E-state index in [1.165, 1.54) is 0 Å². The Morgan fingerprint density at radius 3 is 2.45 bits per heavy atom. The van der Waals surface area contributed by atoms with Crippen molar-refractivity contribution >= 4 is 13.1 Å². The zero-order valence-electron chi connectivity index (χ0n) is 6.79. The zero-order valence-corrected chi connectivity index (χ0v) is 6.79. The fraction of sp³-hybridized carbons (Fsp3) is 0.800. The van der Waals surface area contributed by atoms with Gasteiger partial charge >= 0.3 is 13.1 Å². The molecular formula is C5H13BN2O3. The maximum Gasteiger partial charge on any atom is 0.458 e. The maximum atomic E-state index is 10.2. The van der Waals surface area contributed by atoms with Crippen molar-refractivity contribution in [2.45, 2.75) is 6.32 Å². The van der Waals surface area contributed by atoms with Gasteiger partial charge in [0.15, 0.2) is 0 Å². The number of primary amides is 1. The molecule has 0 fully saturated rings. The summed E-state index contributed by atoms with van der Waals surface area (Å²) in [6.45, 7) is 0.460. The third kappa shape index (κ3) is 5.69. The average Bonchev–Trinajstić information content (AvgIpc) is 1.98. The third-order valence-electron chi connectivity index (χ3n) is 1.21. The van der Waals surface area contributed by atoms with Crippen molar-refractivity contribution in [2.75, 3.05) is 20.8 Å². The van der Waals surface area contributed by atoms with E-state index in [9.17, 15) is 4.79 Å². The minimum Gasteiger partial charge on any atom is -0.414 e. The van der Waals surface area contributed by atoms with Gasteiger partial charge in [0, 0.05) is 20.8 Å². The molecule has 11 heavy (non-hydrogen) atoms. The Hall–Kier alpha value is -0.745. The van der Waals surface area contributed by atoms with Gasteiger partial charge in [-0.15, -0.1) is 0 Å². The highest BCUT2D eigenvalue weighted by molar-refractivity contribution is 6.44. The number of nitrogens with two attached hydrogens (primary N) is 1. The Bertz CT molecular complexity index is 118. The summed E-state index contributed by atoms with van der Waals surface area (Å²) < 4.78 is 9.73. The van der Waals surface area contributed by atoms with Gasteiger partial charge < -0.3 is 20.4 Å². The highest BCUT2D eigenvalue weighted by Crippen LogP contribution is 1.91. The van der Waals surface area contributed by atoms with E-state index in [2.05, 4.69) is 5.32 Å². The monoisotopic (exact) mass is 160 g/mol. The first-order valence-electron chi connectivity index (χ1n) is 3.29. The summed E-state index contributed by atoms with van der Waals surface area (Å²) in [7, 11) is 2.80. The van der Waals surface area contributed by atoms with E-state index in [0.29, 0.717) is 12.9 Å². The largest absolute Gasteiger partial charge is 0.458 e. The smallest absolute Gasteiger partial charge is 0.414 e. The lowest BCUT2D eigenvalue weighted by molar-refractivity contribution is 0.248. The lowest BCUT2D eigenvalue weighted by Crippen LogP contribution is -2.33. The van der Waals surface area contributed by atoms with E-state index >= 15 is 0 Å². The van der Waals surface area contributed by atoms with E-state index in [1.807, 2.05) is 0 Å². The Labute approximate surface area is 66.4 Å². The molecule has 3 N–H and O–H groups in total. The van der Waals surface area contributed by atoms with Crippen molar-refractivity contribution in [3.63, 3.8) is 0 Å². The van der Waals surface area contributed by atoms with Crippen molar-refractivity contribution < 1.29 is 14.1 Å². The van der Waals surface area contributed by atoms with Gasteiger partial charge in [0.2, 0.25) is 0 Å². The van der Waals surface area contributed by atoms with Crippen LogP contribution in [0.15, 0.2) is 0 Å². The van der Waals surface area contributed by atoms with Crippen molar-refractivity contribution in [2.24, 2.45) is 5.73 Å². The molecule has 6 heteroatoms. The Balaban J connectivity index is 3.28. The van der Waals surface area contributed by atoms with Gasteiger partial charge in [-0.1, -0.05) is 0 Å². The highest BCUT2D eigenvalue weighted by atomic mass is 16.6. The van der Waals surface area contributed by atoms with E-state index in [-0.39, 0.29) is 7.12 Å². The summed E-state index contributed by atoms with van der Waals surface area (Å²) in [5, 5.41) is 2.42. The van der Waals surface area contributed by atoms with Crippen LogP contribution in [0.2, 0.25) is 6.32 Å². The second-order valence-corrected chi connectivity index (χ2v) is 1.98. The van der Waals surface area contributed by atoms with E-state index in [1.54, 1.807) is 14.2 Å². The normalized spacial score (nSPS) is 9.27. The molecule has 0 rings (SSSR count). The van der Waals surface area contributed by atoms with Crippen LogP contribution < -0.4 is 11.1 Å². The Kier molecular flexibility index (Phi) is 5.59. The number of rotatable bonds is 5.